The maximum atomic E-state index is 11.8. The Labute approximate surface area is 107 Å². The minimum atomic E-state index is -0.294. The first-order valence-corrected chi connectivity index (χ1v) is 5.87. The van der Waals surface area contributed by atoms with Crippen LogP contribution in [0.4, 0.5) is 0 Å². The molecule has 18 heavy (non-hydrogen) atoms. The van der Waals surface area contributed by atoms with Crippen molar-refractivity contribution in [3.05, 3.63) is 29.3 Å². The van der Waals surface area contributed by atoms with Crippen LogP contribution in [0.3, 0.4) is 0 Å². The number of methoxy groups -OCH3 is 1. The van der Waals surface area contributed by atoms with E-state index in [0.29, 0.717) is 19.6 Å². The number of rotatable bonds is 6. The molecule has 0 fully saturated rings. The van der Waals surface area contributed by atoms with Gasteiger partial charge in [0.25, 0.3) is 5.91 Å². The van der Waals surface area contributed by atoms with E-state index in [1.807, 2.05) is 6.92 Å². The summed E-state index contributed by atoms with van der Waals surface area (Å²) in [4.78, 5) is 11.8. The van der Waals surface area contributed by atoms with Crippen molar-refractivity contribution in [2.75, 3.05) is 20.3 Å². The number of phenolic OH excluding ortho intramolecular Hbond substituents is 1. The highest BCUT2D eigenvalue weighted by atomic mass is 16.5. The largest absolute Gasteiger partial charge is 0.507 e. The van der Waals surface area contributed by atoms with Gasteiger partial charge in [-0.3, -0.25) is 4.79 Å². The summed E-state index contributed by atoms with van der Waals surface area (Å²) in [5, 5.41) is 12.4. The first-order chi connectivity index (χ1) is 8.54. The molecule has 100 valence electrons. The maximum Gasteiger partial charge on any atom is 0.255 e. The van der Waals surface area contributed by atoms with Crippen molar-refractivity contribution in [3.8, 4) is 5.75 Å². The van der Waals surface area contributed by atoms with E-state index in [1.165, 1.54) is 0 Å². The quantitative estimate of drug-likeness (QED) is 0.699. The predicted octanol–water partition coefficient (Wildman–Crippen LogP) is 0.794. The van der Waals surface area contributed by atoms with Gasteiger partial charge >= 0.3 is 0 Å². The third kappa shape index (κ3) is 4.35. The average Bonchev–Trinajstić information content (AvgIpc) is 2.29. The smallest absolute Gasteiger partial charge is 0.255 e. The second kappa shape index (κ2) is 6.98. The second-order valence-corrected chi connectivity index (χ2v) is 4.28. The van der Waals surface area contributed by atoms with Crippen LogP contribution in [0, 0.1) is 6.92 Å². The van der Waals surface area contributed by atoms with Crippen molar-refractivity contribution in [1.82, 2.24) is 5.32 Å². The van der Waals surface area contributed by atoms with Crippen LogP contribution in [0.15, 0.2) is 18.2 Å². The Hall–Kier alpha value is -1.59. The third-order valence-electron chi connectivity index (χ3n) is 2.58. The fraction of sp³-hybridized carbons (Fsp3) is 0.462. The number of aromatic hydroxyl groups is 1. The molecule has 1 aromatic rings. The summed E-state index contributed by atoms with van der Waals surface area (Å²) in [5.41, 5.74) is 6.92. The van der Waals surface area contributed by atoms with Gasteiger partial charge in [-0.05, 0) is 31.0 Å². The minimum Gasteiger partial charge on any atom is -0.507 e. The number of nitrogens with one attached hydrogen (secondary N) is 1. The molecule has 0 saturated heterocycles. The van der Waals surface area contributed by atoms with Crippen LogP contribution in [-0.2, 0) is 4.74 Å². The lowest BCUT2D eigenvalue weighted by Crippen LogP contribution is -2.32. The first kappa shape index (κ1) is 14.5. The Kier molecular flexibility index (Phi) is 5.61. The van der Waals surface area contributed by atoms with E-state index in [-0.39, 0.29) is 23.3 Å². The van der Waals surface area contributed by atoms with Gasteiger partial charge in [-0.1, -0.05) is 6.07 Å². The molecule has 0 aliphatic rings. The van der Waals surface area contributed by atoms with Crippen molar-refractivity contribution in [1.29, 1.82) is 0 Å². The van der Waals surface area contributed by atoms with Gasteiger partial charge in [0.05, 0.1) is 12.2 Å². The highest BCUT2D eigenvalue weighted by Crippen LogP contribution is 2.17. The lowest BCUT2D eigenvalue weighted by Gasteiger charge is -2.11. The number of phenols is 1. The van der Waals surface area contributed by atoms with Crippen molar-refractivity contribution in [3.63, 3.8) is 0 Å². The monoisotopic (exact) mass is 252 g/mol. The maximum absolute atomic E-state index is 11.8. The lowest BCUT2D eigenvalue weighted by atomic mass is 10.1. The molecular weight excluding hydrogens is 232 g/mol. The molecule has 0 spiro atoms. The summed E-state index contributed by atoms with van der Waals surface area (Å²) in [6, 6.07) is 4.85. The average molecular weight is 252 g/mol. The van der Waals surface area contributed by atoms with Gasteiger partial charge < -0.3 is 20.9 Å². The van der Waals surface area contributed by atoms with E-state index in [0.717, 1.165) is 5.56 Å². The molecule has 0 saturated carbocycles. The fourth-order valence-electron chi connectivity index (χ4n) is 1.60. The van der Waals surface area contributed by atoms with E-state index in [4.69, 9.17) is 10.5 Å². The van der Waals surface area contributed by atoms with Crippen LogP contribution in [0.25, 0.3) is 0 Å². The first-order valence-electron chi connectivity index (χ1n) is 5.87. The van der Waals surface area contributed by atoms with Gasteiger partial charge in [0.2, 0.25) is 0 Å². The van der Waals surface area contributed by atoms with E-state index < -0.39 is 0 Å². The number of carbonyl (C=O) groups excluding carboxylic acids is 1. The van der Waals surface area contributed by atoms with Gasteiger partial charge in [-0.25, -0.2) is 0 Å². The summed E-state index contributed by atoms with van der Waals surface area (Å²) in [6.07, 6.45) is 0.631. The fourth-order valence-corrected chi connectivity index (χ4v) is 1.60. The molecule has 0 radical (unpaired) electrons. The van der Waals surface area contributed by atoms with E-state index >= 15 is 0 Å². The minimum absolute atomic E-state index is 0.00584. The molecule has 1 amide bonds. The van der Waals surface area contributed by atoms with Gasteiger partial charge in [0, 0.05) is 19.7 Å². The molecule has 0 aromatic heterocycles. The third-order valence-corrected chi connectivity index (χ3v) is 2.58. The molecule has 5 nitrogen and oxygen atoms in total. The number of aryl methyl sites for hydroxylation is 1. The Balaban J connectivity index is 2.45. The van der Waals surface area contributed by atoms with E-state index in [1.54, 1.807) is 25.3 Å². The SMILES string of the molecule is COCC(N)CCNC(=O)c1ccc(C)cc1O. The Morgan fingerprint density at radius 2 is 2.28 bits per heavy atom. The normalized spacial score (nSPS) is 12.2. The van der Waals surface area contributed by atoms with E-state index in [2.05, 4.69) is 5.32 Å². The molecule has 1 unspecified atom stereocenters. The van der Waals surface area contributed by atoms with Crippen LogP contribution >= 0.6 is 0 Å². The molecule has 0 aliphatic carbocycles. The lowest BCUT2D eigenvalue weighted by molar-refractivity contribution is 0.0947. The number of ether oxygens (including phenoxy) is 1. The Bertz CT molecular complexity index is 407. The predicted molar refractivity (Wildman–Crippen MR) is 69.6 cm³/mol. The summed E-state index contributed by atoms with van der Waals surface area (Å²) in [6.45, 7) is 2.77. The molecule has 0 bridgehead atoms. The van der Waals surface area contributed by atoms with Gasteiger partial charge in [0.15, 0.2) is 0 Å². The zero-order valence-electron chi connectivity index (χ0n) is 10.8. The molecule has 1 atom stereocenters. The molecular formula is C13H20N2O3. The number of carbonyl (C=O) groups is 1. The van der Waals surface area contributed by atoms with Crippen LogP contribution in [0.5, 0.6) is 5.75 Å². The van der Waals surface area contributed by atoms with Crippen LogP contribution in [-0.4, -0.2) is 37.3 Å². The Morgan fingerprint density at radius 3 is 2.89 bits per heavy atom. The number of nitrogens with two attached hydrogens (primary N) is 1. The van der Waals surface area contributed by atoms with Crippen LogP contribution < -0.4 is 11.1 Å². The topological polar surface area (TPSA) is 84.6 Å². The molecule has 0 aliphatic heterocycles. The summed E-state index contributed by atoms with van der Waals surface area (Å²) in [5.74, 6) is -0.300. The zero-order chi connectivity index (χ0) is 13.5. The molecule has 0 heterocycles. The Morgan fingerprint density at radius 1 is 1.56 bits per heavy atom. The summed E-state index contributed by atoms with van der Waals surface area (Å²) >= 11 is 0. The molecule has 4 N–H and O–H groups in total. The summed E-state index contributed by atoms with van der Waals surface area (Å²) in [7, 11) is 1.59. The van der Waals surface area contributed by atoms with Gasteiger partial charge in [-0.2, -0.15) is 0 Å². The van der Waals surface area contributed by atoms with E-state index in [9.17, 15) is 9.90 Å². The molecule has 1 rings (SSSR count). The van der Waals surface area contributed by atoms with Crippen molar-refractivity contribution >= 4 is 5.91 Å². The standard InChI is InChI=1S/C13H20N2O3/c1-9-3-4-11(12(16)7-9)13(17)15-6-5-10(14)8-18-2/h3-4,7,10,16H,5-6,8,14H2,1-2H3,(H,15,17). The van der Waals surface area contributed by atoms with Crippen LogP contribution in [0.2, 0.25) is 0 Å². The number of benzene rings is 1. The van der Waals surface area contributed by atoms with Crippen molar-refractivity contribution in [2.45, 2.75) is 19.4 Å². The van der Waals surface area contributed by atoms with Crippen LogP contribution in [0.1, 0.15) is 22.3 Å². The highest BCUT2D eigenvalue weighted by Gasteiger charge is 2.11. The highest BCUT2D eigenvalue weighted by molar-refractivity contribution is 5.96. The number of hydrogen-bond acceptors (Lipinski definition) is 4. The van der Waals surface area contributed by atoms with Gasteiger partial charge in [0.1, 0.15) is 5.75 Å². The van der Waals surface area contributed by atoms with Crippen molar-refractivity contribution in [2.24, 2.45) is 5.73 Å². The second-order valence-electron chi connectivity index (χ2n) is 4.28. The summed E-state index contributed by atoms with van der Waals surface area (Å²) < 4.78 is 4.90. The van der Waals surface area contributed by atoms with Crippen molar-refractivity contribution < 1.29 is 14.6 Å². The number of hydrogen-bond donors (Lipinski definition) is 3. The zero-order valence-corrected chi connectivity index (χ0v) is 10.8. The molecule has 1 aromatic carbocycles. The van der Waals surface area contributed by atoms with Gasteiger partial charge in [-0.15, -0.1) is 0 Å². The number of amides is 1. The molecule has 5 heteroatoms.